The lowest BCUT2D eigenvalue weighted by Gasteiger charge is -2.21. The molecule has 1 aliphatic rings. The molecule has 5 aromatic rings. The number of phenolic OH excluding ortho intramolecular Hbond substituents is 1. The van der Waals surface area contributed by atoms with Crippen LogP contribution < -0.4 is 5.46 Å². The zero-order valence-electron chi connectivity index (χ0n) is 17.3. The molecule has 0 saturated heterocycles. The Bertz CT molecular complexity index is 1500. The van der Waals surface area contributed by atoms with Gasteiger partial charge in [-0.15, -0.1) is 0 Å². The third-order valence-corrected chi connectivity index (χ3v) is 6.50. The number of benzene rings is 3. The zero-order valence-corrected chi connectivity index (χ0v) is 17.3. The minimum absolute atomic E-state index is 0.153. The Labute approximate surface area is 176 Å². The molecule has 1 N–H and O–H groups in total. The SMILES string of the molecule is Bc1ccc2c(c1)c1ccc(O)cc1n2-c1ccc2c(n1)C(C)(C)c1ccccc1-2. The van der Waals surface area contributed by atoms with Crippen LogP contribution in [0.1, 0.15) is 25.1 Å². The quantitative estimate of drug-likeness (QED) is 0.431. The fourth-order valence-corrected chi connectivity index (χ4v) is 5.03. The molecule has 6 rings (SSSR count). The summed E-state index contributed by atoms with van der Waals surface area (Å²) in [5, 5.41) is 12.5. The molecule has 4 heteroatoms. The largest absolute Gasteiger partial charge is 0.508 e. The van der Waals surface area contributed by atoms with E-state index in [0.29, 0.717) is 0 Å². The molecule has 0 aliphatic heterocycles. The van der Waals surface area contributed by atoms with E-state index in [1.165, 1.54) is 27.5 Å². The van der Waals surface area contributed by atoms with Crippen LogP contribution in [0.5, 0.6) is 5.75 Å². The van der Waals surface area contributed by atoms with Crippen LogP contribution in [-0.2, 0) is 5.41 Å². The monoisotopic (exact) mass is 388 g/mol. The van der Waals surface area contributed by atoms with E-state index in [1.54, 1.807) is 6.07 Å². The lowest BCUT2D eigenvalue weighted by Crippen LogP contribution is -2.17. The van der Waals surface area contributed by atoms with Gasteiger partial charge in [-0.05, 0) is 41.5 Å². The Morgan fingerprint density at radius 3 is 2.53 bits per heavy atom. The second-order valence-electron chi connectivity index (χ2n) is 8.79. The van der Waals surface area contributed by atoms with Gasteiger partial charge in [-0.1, -0.05) is 55.7 Å². The van der Waals surface area contributed by atoms with Gasteiger partial charge in [-0.25, -0.2) is 4.98 Å². The van der Waals surface area contributed by atoms with Crippen molar-refractivity contribution in [1.29, 1.82) is 0 Å². The van der Waals surface area contributed by atoms with Crippen LogP contribution in [0.25, 0.3) is 38.8 Å². The normalized spacial score (nSPS) is 14.2. The number of aromatic nitrogens is 2. The second-order valence-corrected chi connectivity index (χ2v) is 8.79. The van der Waals surface area contributed by atoms with Crippen LogP contribution in [0.15, 0.2) is 72.8 Å². The summed E-state index contributed by atoms with van der Waals surface area (Å²) in [6.07, 6.45) is 0. The van der Waals surface area contributed by atoms with Crippen LogP contribution in [0.2, 0.25) is 0 Å². The molecule has 2 aromatic heterocycles. The minimum Gasteiger partial charge on any atom is -0.508 e. The number of fused-ring (bicyclic) bond motifs is 6. The molecule has 2 heterocycles. The molecule has 0 atom stereocenters. The first-order valence-electron chi connectivity index (χ1n) is 10.3. The van der Waals surface area contributed by atoms with Crippen LogP contribution in [0.3, 0.4) is 0 Å². The summed E-state index contributed by atoms with van der Waals surface area (Å²) in [6.45, 7) is 4.49. The number of aromatic hydroxyl groups is 1. The van der Waals surface area contributed by atoms with Gasteiger partial charge in [-0.2, -0.15) is 0 Å². The van der Waals surface area contributed by atoms with Crippen molar-refractivity contribution in [2.45, 2.75) is 19.3 Å². The first-order chi connectivity index (χ1) is 14.4. The minimum atomic E-state index is -0.153. The fraction of sp³-hybridized carbons (Fsp3) is 0.115. The maximum absolute atomic E-state index is 10.2. The van der Waals surface area contributed by atoms with Crippen molar-refractivity contribution in [1.82, 2.24) is 9.55 Å². The maximum Gasteiger partial charge on any atom is 0.139 e. The molecule has 0 bridgehead atoms. The van der Waals surface area contributed by atoms with Crippen molar-refractivity contribution >= 4 is 35.1 Å². The van der Waals surface area contributed by atoms with Gasteiger partial charge in [-0.3, -0.25) is 4.57 Å². The van der Waals surface area contributed by atoms with Crippen LogP contribution >= 0.6 is 0 Å². The standard InChI is InChI=1S/C26H21BN2O/c1-26(2)21-6-4-3-5-17(21)19-10-12-24(28-25(19)26)29-22-11-7-15(27)13-20(22)18-9-8-16(30)14-23(18)29/h3-14,30H,27H2,1-2H3. The number of nitrogens with zero attached hydrogens (tertiary/aromatic N) is 2. The molecule has 0 unspecified atom stereocenters. The summed E-state index contributed by atoms with van der Waals surface area (Å²) in [6, 6.07) is 24.9. The van der Waals surface area contributed by atoms with E-state index >= 15 is 0 Å². The molecule has 0 saturated carbocycles. The summed E-state index contributed by atoms with van der Waals surface area (Å²) in [5.74, 6) is 1.14. The maximum atomic E-state index is 10.2. The Morgan fingerprint density at radius 2 is 1.67 bits per heavy atom. The van der Waals surface area contributed by atoms with E-state index in [9.17, 15) is 5.11 Å². The van der Waals surface area contributed by atoms with Gasteiger partial charge >= 0.3 is 0 Å². The van der Waals surface area contributed by atoms with E-state index < -0.39 is 0 Å². The number of phenols is 1. The molecule has 1 aliphatic carbocycles. The third-order valence-electron chi connectivity index (χ3n) is 6.50. The van der Waals surface area contributed by atoms with E-state index in [-0.39, 0.29) is 11.2 Å². The molecular formula is C26H21BN2O. The van der Waals surface area contributed by atoms with Crippen molar-refractivity contribution in [3.63, 3.8) is 0 Å². The van der Waals surface area contributed by atoms with Crippen LogP contribution in [0.4, 0.5) is 0 Å². The van der Waals surface area contributed by atoms with Crippen LogP contribution in [0, 0.1) is 0 Å². The summed E-state index contributed by atoms with van der Waals surface area (Å²) in [4.78, 5) is 5.20. The van der Waals surface area contributed by atoms with Gasteiger partial charge in [0, 0.05) is 27.8 Å². The molecule has 0 amide bonds. The highest BCUT2D eigenvalue weighted by Crippen LogP contribution is 2.48. The fourth-order valence-electron chi connectivity index (χ4n) is 5.03. The van der Waals surface area contributed by atoms with Gasteiger partial charge in [0.05, 0.1) is 16.7 Å². The molecule has 0 fully saturated rings. The summed E-state index contributed by atoms with van der Waals surface area (Å²) in [7, 11) is 2.11. The first kappa shape index (κ1) is 17.3. The van der Waals surface area contributed by atoms with E-state index in [4.69, 9.17) is 4.98 Å². The molecule has 3 aromatic carbocycles. The van der Waals surface area contributed by atoms with Crippen LogP contribution in [-0.4, -0.2) is 22.5 Å². The third kappa shape index (κ3) is 2.19. The van der Waals surface area contributed by atoms with Crippen molar-refractivity contribution in [3.8, 4) is 22.7 Å². The van der Waals surface area contributed by atoms with Gasteiger partial charge in [0.25, 0.3) is 0 Å². The van der Waals surface area contributed by atoms with Gasteiger partial charge < -0.3 is 5.11 Å². The van der Waals surface area contributed by atoms with E-state index in [0.717, 1.165) is 27.9 Å². The van der Waals surface area contributed by atoms with Gasteiger partial charge in [0.2, 0.25) is 0 Å². The van der Waals surface area contributed by atoms with Gasteiger partial charge in [0.1, 0.15) is 19.4 Å². The smallest absolute Gasteiger partial charge is 0.139 e. The molecular weight excluding hydrogens is 367 g/mol. The van der Waals surface area contributed by atoms with E-state index in [1.807, 2.05) is 12.1 Å². The predicted octanol–water partition coefficient (Wildman–Crippen LogP) is 4.45. The van der Waals surface area contributed by atoms with Crippen molar-refractivity contribution in [2.75, 3.05) is 0 Å². The second kappa shape index (κ2) is 5.76. The number of hydrogen-bond donors (Lipinski definition) is 1. The zero-order chi connectivity index (χ0) is 20.6. The van der Waals surface area contributed by atoms with E-state index in [2.05, 4.69) is 80.9 Å². The average molecular weight is 388 g/mol. The summed E-state index contributed by atoms with van der Waals surface area (Å²) in [5.41, 5.74) is 8.03. The summed E-state index contributed by atoms with van der Waals surface area (Å²) < 4.78 is 2.17. The van der Waals surface area contributed by atoms with Crippen molar-refractivity contribution in [2.24, 2.45) is 0 Å². The molecule has 3 nitrogen and oxygen atoms in total. The molecule has 0 spiro atoms. The number of pyridine rings is 1. The lowest BCUT2D eigenvalue weighted by atomic mass is 9.85. The molecule has 0 radical (unpaired) electrons. The highest BCUT2D eigenvalue weighted by molar-refractivity contribution is 6.33. The van der Waals surface area contributed by atoms with Crippen molar-refractivity contribution < 1.29 is 5.11 Å². The number of hydrogen-bond acceptors (Lipinski definition) is 2. The Kier molecular flexibility index (Phi) is 3.33. The lowest BCUT2D eigenvalue weighted by molar-refractivity contribution is 0.476. The molecule has 144 valence electrons. The summed E-state index contributed by atoms with van der Waals surface area (Å²) >= 11 is 0. The predicted molar refractivity (Wildman–Crippen MR) is 126 cm³/mol. The highest BCUT2D eigenvalue weighted by Gasteiger charge is 2.37. The highest BCUT2D eigenvalue weighted by atomic mass is 16.3. The Morgan fingerprint density at radius 1 is 0.833 bits per heavy atom. The Hall–Kier alpha value is -3.53. The molecule has 30 heavy (non-hydrogen) atoms. The first-order valence-corrected chi connectivity index (χ1v) is 10.3. The average Bonchev–Trinajstić information content (AvgIpc) is 3.17. The topological polar surface area (TPSA) is 38.0 Å². The number of rotatable bonds is 1. The Balaban J connectivity index is 1.68. The van der Waals surface area contributed by atoms with Gasteiger partial charge in [0.15, 0.2) is 0 Å². The van der Waals surface area contributed by atoms with Crippen molar-refractivity contribution in [3.05, 3.63) is 84.1 Å².